The molecule has 0 saturated carbocycles. The minimum absolute atomic E-state index is 0.402. The Morgan fingerprint density at radius 1 is 1.50 bits per heavy atom. The average Bonchev–Trinajstić information content (AvgIpc) is 2.67. The summed E-state index contributed by atoms with van der Waals surface area (Å²) >= 11 is 5.94. The van der Waals surface area contributed by atoms with E-state index in [1.54, 1.807) is 6.20 Å². The van der Waals surface area contributed by atoms with Gasteiger partial charge in [-0.1, -0.05) is 13.3 Å². The Morgan fingerprint density at radius 3 is 3.00 bits per heavy atom. The van der Waals surface area contributed by atoms with Crippen molar-refractivity contribution in [3.05, 3.63) is 24.2 Å². The summed E-state index contributed by atoms with van der Waals surface area (Å²) in [5.41, 5.74) is 1.88. The summed E-state index contributed by atoms with van der Waals surface area (Å²) in [7, 11) is 0. The number of rotatable bonds is 4. The smallest absolute Gasteiger partial charge is 0.160 e. The van der Waals surface area contributed by atoms with Crippen molar-refractivity contribution in [2.45, 2.75) is 38.6 Å². The van der Waals surface area contributed by atoms with Crippen LogP contribution in [-0.2, 0) is 5.88 Å². The molecule has 3 nitrogen and oxygen atoms in total. The van der Waals surface area contributed by atoms with E-state index in [0.717, 1.165) is 29.8 Å². The highest BCUT2D eigenvalue weighted by Gasteiger charge is 2.14. The lowest BCUT2D eigenvalue weighted by Gasteiger charge is -2.15. The topological polar surface area (TPSA) is 30.7 Å². The van der Waals surface area contributed by atoms with E-state index in [4.69, 9.17) is 11.6 Å². The highest BCUT2D eigenvalue weighted by molar-refractivity contribution is 6.16. The average molecular weight is 238 g/mol. The van der Waals surface area contributed by atoms with Crippen LogP contribution in [0.15, 0.2) is 18.3 Å². The van der Waals surface area contributed by atoms with Crippen molar-refractivity contribution < 1.29 is 0 Å². The first-order chi connectivity index (χ1) is 7.77. The second kappa shape index (κ2) is 4.83. The first kappa shape index (κ1) is 11.4. The van der Waals surface area contributed by atoms with Crippen molar-refractivity contribution in [3.63, 3.8) is 0 Å². The molecule has 0 saturated heterocycles. The van der Waals surface area contributed by atoms with Gasteiger partial charge in [0.1, 0.15) is 11.3 Å². The Hall–Kier alpha value is -1.09. The monoisotopic (exact) mass is 237 g/mol. The number of fused-ring (bicyclic) bond motifs is 1. The highest BCUT2D eigenvalue weighted by atomic mass is 35.5. The van der Waals surface area contributed by atoms with Gasteiger partial charge in [-0.2, -0.15) is 0 Å². The first-order valence-electron chi connectivity index (χ1n) is 5.65. The number of hydrogen-bond acceptors (Lipinski definition) is 2. The van der Waals surface area contributed by atoms with Crippen LogP contribution in [-0.4, -0.2) is 14.5 Å². The normalized spacial score (nSPS) is 13.2. The molecule has 0 N–H and O–H groups in total. The third-order valence-electron chi connectivity index (χ3n) is 2.79. The van der Waals surface area contributed by atoms with Crippen LogP contribution in [0.25, 0.3) is 11.2 Å². The van der Waals surface area contributed by atoms with E-state index in [0.29, 0.717) is 11.9 Å². The Kier molecular flexibility index (Phi) is 3.44. The van der Waals surface area contributed by atoms with Gasteiger partial charge in [-0.15, -0.1) is 11.6 Å². The molecule has 0 aromatic carbocycles. The molecule has 1 unspecified atom stereocenters. The molecule has 0 radical (unpaired) electrons. The largest absolute Gasteiger partial charge is 0.309 e. The number of nitrogens with zero attached hydrogens (tertiary/aromatic N) is 3. The van der Waals surface area contributed by atoms with Crippen molar-refractivity contribution >= 4 is 22.8 Å². The van der Waals surface area contributed by atoms with Gasteiger partial charge in [0, 0.05) is 12.2 Å². The molecule has 0 aliphatic heterocycles. The van der Waals surface area contributed by atoms with Gasteiger partial charge in [-0.3, -0.25) is 0 Å². The van der Waals surface area contributed by atoms with Crippen LogP contribution in [0.3, 0.4) is 0 Å². The SMILES string of the molecule is CCCC(C)n1c(CCl)nc2cccnc21. The lowest BCUT2D eigenvalue weighted by atomic mass is 10.2. The van der Waals surface area contributed by atoms with Crippen LogP contribution in [0.1, 0.15) is 38.6 Å². The van der Waals surface area contributed by atoms with Gasteiger partial charge in [0.2, 0.25) is 0 Å². The summed E-state index contributed by atoms with van der Waals surface area (Å²) in [5.74, 6) is 1.35. The molecule has 2 heterocycles. The third kappa shape index (κ3) is 1.92. The van der Waals surface area contributed by atoms with E-state index in [1.165, 1.54) is 0 Å². The van der Waals surface area contributed by atoms with Crippen molar-refractivity contribution in [1.29, 1.82) is 0 Å². The molecule has 2 aromatic rings. The van der Waals surface area contributed by atoms with E-state index in [1.807, 2.05) is 12.1 Å². The Morgan fingerprint density at radius 2 is 2.31 bits per heavy atom. The van der Waals surface area contributed by atoms with Crippen molar-refractivity contribution in [2.75, 3.05) is 0 Å². The fraction of sp³-hybridized carbons (Fsp3) is 0.500. The molecule has 2 aromatic heterocycles. The molecule has 0 fully saturated rings. The predicted molar refractivity (Wildman–Crippen MR) is 66.7 cm³/mol. The summed E-state index contributed by atoms with van der Waals surface area (Å²) in [6, 6.07) is 4.29. The van der Waals surface area contributed by atoms with Crippen LogP contribution in [0, 0.1) is 0 Å². The summed E-state index contributed by atoms with van der Waals surface area (Å²) in [4.78, 5) is 8.90. The number of hydrogen-bond donors (Lipinski definition) is 0. The molecule has 0 aliphatic carbocycles. The lowest BCUT2D eigenvalue weighted by molar-refractivity contribution is 0.498. The molecular formula is C12H16ClN3. The van der Waals surface area contributed by atoms with E-state index in [-0.39, 0.29) is 0 Å². The van der Waals surface area contributed by atoms with Gasteiger partial charge >= 0.3 is 0 Å². The quantitative estimate of drug-likeness (QED) is 0.762. The summed E-state index contributed by atoms with van der Waals surface area (Å²) in [6.07, 6.45) is 4.07. The summed E-state index contributed by atoms with van der Waals surface area (Å²) < 4.78 is 2.16. The minimum Gasteiger partial charge on any atom is -0.309 e. The molecule has 1 atom stereocenters. The standard InChI is InChI=1S/C12H16ClN3/c1-3-5-9(2)16-11(8-13)15-10-6-4-7-14-12(10)16/h4,6-7,9H,3,5,8H2,1-2H3. The Bertz CT molecular complexity index is 478. The molecule has 0 aliphatic rings. The zero-order valence-corrected chi connectivity index (χ0v) is 10.4. The van der Waals surface area contributed by atoms with E-state index in [2.05, 4.69) is 28.4 Å². The molecule has 2 rings (SSSR count). The third-order valence-corrected chi connectivity index (χ3v) is 3.03. The molecule has 0 bridgehead atoms. The second-order valence-corrected chi connectivity index (χ2v) is 4.28. The van der Waals surface area contributed by atoms with E-state index < -0.39 is 0 Å². The summed E-state index contributed by atoms with van der Waals surface area (Å²) in [6.45, 7) is 4.37. The second-order valence-electron chi connectivity index (χ2n) is 4.02. The van der Waals surface area contributed by atoms with Crippen LogP contribution in [0.2, 0.25) is 0 Å². The van der Waals surface area contributed by atoms with E-state index >= 15 is 0 Å². The maximum Gasteiger partial charge on any atom is 0.160 e. The highest BCUT2D eigenvalue weighted by Crippen LogP contribution is 2.23. The molecular weight excluding hydrogens is 222 g/mol. The molecule has 0 spiro atoms. The zero-order chi connectivity index (χ0) is 11.5. The molecule has 4 heteroatoms. The number of halogens is 1. The minimum atomic E-state index is 0.402. The Labute approximate surface area is 100 Å². The predicted octanol–water partition coefficient (Wildman–Crippen LogP) is 3.53. The number of pyridine rings is 1. The number of alkyl halides is 1. The van der Waals surface area contributed by atoms with Crippen LogP contribution in [0.5, 0.6) is 0 Å². The van der Waals surface area contributed by atoms with Gasteiger partial charge in [-0.25, -0.2) is 9.97 Å². The maximum absolute atomic E-state index is 5.94. The van der Waals surface area contributed by atoms with Crippen LogP contribution >= 0.6 is 11.6 Å². The van der Waals surface area contributed by atoms with Gasteiger partial charge in [-0.05, 0) is 25.5 Å². The van der Waals surface area contributed by atoms with Crippen LogP contribution < -0.4 is 0 Å². The van der Waals surface area contributed by atoms with Crippen molar-refractivity contribution in [3.8, 4) is 0 Å². The lowest BCUT2D eigenvalue weighted by Crippen LogP contribution is -2.08. The molecule has 86 valence electrons. The van der Waals surface area contributed by atoms with Crippen molar-refractivity contribution in [2.24, 2.45) is 0 Å². The van der Waals surface area contributed by atoms with E-state index in [9.17, 15) is 0 Å². The van der Waals surface area contributed by atoms with Gasteiger partial charge in [0.15, 0.2) is 5.65 Å². The van der Waals surface area contributed by atoms with Gasteiger partial charge < -0.3 is 4.57 Å². The first-order valence-corrected chi connectivity index (χ1v) is 6.19. The fourth-order valence-electron chi connectivity index (χ4n) is 2.08. The number of imidazole rings is 1. The summed E-state index contributed by atoms with van der Waals surface area (Å²) in [5, 5.41) is 0. The Balaban J connectivity index is 2.55. The van der Waals surface area contributed by atoms with Gasteiger partial charge in [0.05, 0.1) is 5.88 Å². The fourth-order valence-corrected chi connectivity index (χ4v) is 2.27. The number of aromatic nitrogens is 3. The van der Waals surface area contributed by atoms with Gasteiger partial charge in [0.25, 0.3) is 0 Å². The maximum atomic E-state index is 5.94. The molecule has 16 heavy (non-hydrogen) atoms. The van der Waals surface area contributed by atoms with Crippen LogP contribution in [0.4, 0.5) is 0 Å². The van der Waals surface area contributed by atoms with Crippen molar-refractivity contribution in [1.82, 2.24) is 14.5 Å². The zero-order valence-electron chi connectivity index (χ0n) is 9.65. The molecule has 0 amide bonds.